The van der Waals surface area contributed by atoms with Crippen LogP contribution in [0.3, 0.4) is 0 Å². The zero-order valence-corrected chi connectivity index (χ0v) is 11.2. The summed E-state index contributed by atoms with van der Waals surface area (Å²) in [4.78, 5) is 22.6. The van der Waals surface area contributed by atoms with Crippen LogP contribution in [0.1, 0.15) is 39.0 Å². The predicted molar refractivity (Wildman–Crippen MR) is 67.5 cm³/mol. The van der Waals surface area contributed by atoms with Gasteiger partial charge in [-0.05, 0) is 44.4 Å². The second kappa shape index (κ2) is 5.67. The topological polar surface area (TPSA) is 59.0 Å². The molecule has 0 N–H and O–H groups in total. The first-order chi connectivity index (χ1) is 8.67. The average Bonchev–Trinajstić information content (AvgIpc) is 2.36. The average molecular weight is 254 g/mol. The van der Waals surface area contributed by atoms with E-state index < -0.39 is 0 Å². The van der Waals surface area contributed by atoms with E-state index in [0.717, 1.165) is 25.7 Å². The molecule has 2 bridgehead atoms. The zero-order chi connectivity index (χ0) is 13.1. The van der Waals surface area contributed by atoms with Gasteiger partial charge in [-0.25, -0.2) is 0 Å². The van der Waals surface area contributed by atoms with Crippen LogP contribution < -0.4 is 0 Å². The lowest BCUT2D eigenvalue weighted by Crippen LogP contribution is -2.49. The first-order valence-corrected chi connectivity index (χ1v) is 6.90. The van der Waals surface area contributed by atoms with Gasteiger partial charge in [-0.15, -0.1) is 4.91 Å². The standard InChI is InChI=1S/C13H22N2O3/c1-3-18-13(16)11-7-9-5-4-6-10(8-11)12(9)15(2)14-17/h9-12H,3-8H2,1-2H3. The molecule has 0 heterocycles. The van der Waals surface area contributed by atoms with Crippen LogP contribution in [0.5, 0.6) is 0 Å². The Hall–Kier alpha value is -1.13. The molecule has 2 aliphatic rings. The van der Waals surface area contributed by atoms with Gasteiger partial charge in [0.25, 0.3) is 0 Å². The lowest BCUT2D eigenvalue weighted by atomic mass is 9.64. The van der Waals surface area contributed by atoms with Gasteiger partial charge in [0.1, 0.15) is 0 Å². The molecule has 2 atom stereocenters. The third kappa shape index (κ3) is 2.49. The van der Waals surface area contributed by atoms with E-state index in [9.17, 15) is 9.70 Å². The number of ether oxygens (including phenoxy) is 1. The maximum atomic E-state index is 11.9. The van der Waals surface area contributed by atoms with Crippen LogP contribution in [0.4, 0.5) is 0 Å². The minimum absolute atomic E-state index is 0.0246. The molecule has 2 rings (SSSR count). The number of rotatable bonds is 4. The smallest absolute Gasteiger partial charge is 0.308 e. The highest BCUT2D eigenvalue weighted by molar-refractivity contribution is 5.72. The molecule has 2 aliphatic carbocycles. The Morgan fingerprint density at radius 2 is 1.94 bits per heavy atom. The molecule has 0 aromatic carbocycles. The van der Waals surface area contributed by atoms with Crippen molar-refractivity contribution >= 4 is 5.97 Å². The quantitative estimate of drug-likeness (QED) is 0.439. The fraction of sp³-hybridized carbons (Fsp3) is 0.923. The molecule has 0 spiro atoms. The molecule has 0 radical (unpaired) electrons. The van der Waals surface area contributed by atoms with Gasteiger partial charge in [0.2, 0.25) is 0 Å². The summed E-state index contributed by atoms with van der Waals surface area (Å²) in [5.41, 5.74) is 0. The van der Waals surface area contributed by atoms with Crippen molar-refractivity contribution in [2.75, 3.05) is 13.7 Å². The minimum atomic E-state index is -0.0606. The molecule has 2 unspecified atom stereocenters. The van der Waals surface area contributed by atoms with Crippen molar-refractivity contribution in [1.82, 2.24) is 5.01 Å². The van der Waals surface area contributed by atoms with E-state index in [1.165, 1.54) is 6.42 Å². The van der Waals surface area contributed by atoms with Gasteiger partial charge in [-0.2, -0.15) is 0 Å². The molecular formula is C13H22N2O3. The van der Waals surface area contributed by atoms with Crippen molar-refractivity contribution < 1.29 is 9.53 Å². The van der Waals surface area contributed by atoms with Crippen LogP contribution in [0.25, 0.3) is 0 Å². The fourth-order valence-corrected chi connectivity index (χ4v) is 3.83. The third-order valence-corrected chi connectivity index (χ3v) is 4.47. The summed E-state index contributed by atoms with van der Waals surface area (Å²) in [7, 11) is 1.76. The van der Waals surface area contributed by atoms with Crippen LogP contribution in [-0.4, -0.2) is 30.7 Å². The number of hydrogen-bond acceptors (Lipinski definition) is 4. The van der Waals surface area contributed by atoms with Crippen molar-refractivity contribution in [3.05, 3.63) is 4.91 Å². The largest absolute Gasteiger partial charge is 0.466 e. The van der Waals surface area contributed by atoms with E-state index in [4.69, 9.17) is 4.74 Å². The highest BCUT2D eigenvalue weighted by Gasteiger charge is 2.44. The molecule has 0 aromatic rings. The van der Waals surface area contributed by atoms with E-state index in [1.807, 2.05) is 6.92 Å². The molecule has 102 valence electrons. The number of carbonyl (C=O) groups is 1. The monoisotopic (exact) mass is 254 g/mol. The number of hydrogen-bond donors (Lipinski definition) is 0. The van der Waals surface area contributed by atoms with Gasteiger partial charge >= 0.3 is 5.97 Å². The van der Waals surface area contributed by atoms with E-state index in [0.29, 0.717) is 18.4 Å². The predicted octanol–water partition coefficient (Wildman–Crippen LogP) is 2.36. The fourth-order valence-electron chi connectivity index (χ4n) is 3.83. The lowest BCUT2D eigenvalue weighted by molar-refractivity contribution is -0.152. The molecule has 0 aliphatic heterocycles. The Morgan fingerprint density at radius 3 is 2.44 bits per heavy atom. The van der Waals surface area contributed by atoms with E-state index >= 15 is 0 Å². The lowest BCUT2D eigenvalue weighted by Gasteiger charge is -2.46. The van der Waals surface area contributed by atoms with Gasteiger partial charge in [-0.1, -0.05) is 6.42 Å². The summed E-state index contributed by atoms with van der Waals surface area (Å²) in [6.07, 6.45) is 5.08. The van der Waals surface area contributed by atoms with Crippen molar-refractivity contribution in [1.29, 1.82) is 0 Å². The second-order valence-electron chi connectivity index (χ2n) is 5.52. The maximum Gasteiger partial charge on any atom is 0.308 e. The van der Waals surface area contributed by atoms with Crippen LogP contribution in [0, 0.1) is 22.7 Å². The number of nitroso groups, excluding NO2 is 1. The summed E-state index contributed by atoms with van der Waals surface area (Å²) in [6, 6.07) is 0.224. The molecule has 0 aromatic heterocycles. The Bertz CT molecular complexity index is 307. The zero-order valence-electron chi connectivity index (χ0n) is 11.2. The third-order valence-electron chi connectivity index (χ3n) is 4.47. The van der Waals surface area contributed by atoms with E-state index in [-0.39, 0.29) is 17.9 Å². The summed E-state index contributed by atoms with van der Waals surface area (Å²) in [5.74, 6) is 0.787. The molecule has 0 saturated heterocycles. The molecular weight excluding hydrogens is 232 g/mol. The highest BCUT2D eigenvalue weighted by atomic mass is 16.5. The Kier molecular flexibility index (Phi) is 4.19. The summed E-state index contributed by atoms with van der Waals surface area (Å²) < 4.78 is 5.13. The van der Waals surface area contributed by atoms with Gasteiger partial charge in [-0.3, -0.25) is 9.80 Å². The van der Waals surface area contributed by atoms with Crippen LogP contribution >= 0.6 is 0 Å². The molecule has 5 nitrogen and oxygen atoms in total. The van der Waals surface area contributed by atoms with Gasteiger partial charge in [0, 0.05) is 7.05 Å². The first-order valence-electron chi connectivity index (χ1n) is 6.90. The van der Waals surface area contributed by atoms with Crippen molar-refractivity contribution in [2.24, 2.45) is 23.0 Å². The van der Waals surface area contributed by atoms with Gasteiger partial charge in [0.05, 0.1) is 23.9 Å². The Balaban J connectivity index is 2.06. The molecule has 2 fully saturated rings. The van der Waals surface area contributed by atoms with Crippen LogP contribution in [-0.2, 0) is 9.53 Å². The van der Waals surface area contributed by atoms with Crippen molar-refractivity contribution in [2.45, 2.75) is 45.1 Å². The maximum absolute atomic E-state index is 11.9. The number of nitrogens with zero attached hydrogens (tertiary/aromatic N) is 2. The minimum Gasteiger partial charge on any atom is -0.466 e. The van der Waals surface area contributed by atoms with E-state index in [1.54, 1.807) is 12.1 Å². The molecule has 0 amide bonds. The van der Waals surface area contributed by atoms with E-state index in [2.05, 4.69) is 5.29 Å². The normalized spacial score (nSPS) is 34.8. The Morgan fingerprint density at radius 1 is 1.33 bits per heavy atom. The molecule has 2 saturated carbocycles. The Labute approximate surface area is 108 Å². The van der Waals surface area contributed by atoms with Crippen LogP contribution in [0.2, 0.25) is 0 Å². The highest BCUT2D eigenvalue weighted by Crippen LogP contribution is 2.45. The first kappa shape index (κ1) is 13.3. The second-order valence-corrected chi connectivity index (χ2v) is 5.52. The molecule has 18 heavy (non-hydrogen) atoms. The van der Waals surface area contributed by atoms with Gasteiger partial charge in [0.15, 0.2) is 0 Å². The summed E-state index contributed by atoms with van der Waals surface area (Å²) >= 11 is 0. The number of carbonyl (C=O) groups excluding carboxylic acids is 1. The number of esters is 1. The SMILES string of the molecule is CCOC(=O)C1CC2CCCC(C1)C2N(C)N=O. The summed E-state index contributed by atoms with van der Waals surface area (Å²) in [5, 5.41) is 4.63. The van der Waals surface area contributed by atoms with Crippen LogP contribution in [0.15, 0.2) is 5.29 Å². The van der Waals surface area contributed by atoms with Gasteiger partial charge < -0.3 is 4.74 Å². The van der Waals surface area contributed by atoms with Crippen molar-refractivity contribution in [3.8, 4) is 0 Å². The summed E-state index contributed by atoms with van der Waals surface area (Å²) in [6.45, 7) is 2.29. The number of fused-ring (bicyclic) bond motifs is 2. The molecule has 5 heteroatoms. The van der Waals surface area contributed by atoms with Crippen molar-refractivity contribution in [3.63, 3.8) is 0 Å².